The highest BCUT2D eigenvalue weighted by molar-refractivity contribution is 5.87. The largest absolute Gasteiger partial charge is 0.444 e. The van der Waals surface area contributed by atoms with Crippen molar-refractivity contribution in [2.45, 2.75) is 70.2 Å². The molecule has 1 saturated carbocycles. The van der Waals surface area contributed by atoms with Gasteiger partial charge in [0.2, 0.25) is 5.91 Å². The smallest absolute Gasteiger partial charge is 0.411 e. The summed E-state index contributed by atoms with van der Waals surface area (Å²) in [5, 5.41) is 16.4. The molecule has 174 valence electrons. The van der Waals surface area contributed by atoms with Gasteiger partial charge in [-0.25, -0.2) is 13.9 Å². The molecule has 2 aliphatic rings. The lowest BCUT2D eigenvalue weighted by Gasteiger charge is -2.35. The van der Waals surface area contributed by atoms with E-state index < -0.39 is 35.5 Å². The highest BCUT2D eigenvalue weighted by Crippen LogP contribution is 2.43. The van der Waals surface area contributed by atoms with Gasteiger partial charge in [0, 0.05) is 24.9 Å². The number of hydrogen-bond donors (Lipinski definition) is 1. The number of carbonyl (C=O) groups excluding carboxylic acids is 2. The van der Waals surface area contributed by atoms with Crippen molar-refractivity contribution in [1.82, 2.24) is 20.0 Å². The van der Waals surface area contributed by atoms with Gasteiger partial charge in [0.1, 0.15) is 23.5 Å². The summed E-state index contributed by atoms with van der Waals surface area (Å²) in [7, 11) is 0. The molecule has 1 aliphatic carbocycles. The molecule has 1 N–H and O–H groups in total. The number of nitriles is 1. The maximum atomic E-state index is 14.7. The van der Waals surface area contributed by atoms with E-state index in [0.29, 0.717) is 11.3 Å². The molecule has 2 amide bonds. The number of rotatable bonds is 5. The van der Waals surface area contributed by atoms with E-state index in [2.05, 4.69) is 10.4 Å². The minimum absolute atomic E-state index is 0.0146. The van der Waals surface area contributed by atoms with Crippen molar-refractivity contribution in [3.63, 3.8) is 0 Å². The molecule has 33 heavy (non-hydrogen) atoms. The summed E-state index contributed by atoms with van der Waals surface area (Å²) in [5.41, 5.74) is 0.207. The number of halogens is 1. The van der Waals surface area contributed by atoms with Crippen LogP contribution in [-0.4, -0.2) is 50.4 Å². The van der Waals surface area contributed by atoms with E-state index in [9.17, 15) is 19.2 Å². The Labute approximate surface area is 192 Å². The Morgan fingerprint density at radius 3 is 2.79 bits per heavy atom. The van der Waals surface area contributed by atoms with Crippen LogP contribution in [0.15, 0.2) is 36.7 Å². The van der Waals surface area contributed by atoms with Gasteiger partial charge in [-0.1, -0.05) is 6.07 Å². The molecule has 2 fully saturated rings. The molecule has 4 rings (SSSR count). The Kier molecular flexibility index (Phi) is 6.11. The molecule has 0 radical (unpaired) electrons. The average Bonchev–Trinajstić information content (AvgIpc) is 3.50. The molecule has 8 nitrogen and oxygen atoms in total. The van der Waals surface area contributed by atoms with E-state index >= 15 is 0 Å². The number of nitrogens with one attached hydrogen (secondary N) is 1. The molecule has 0 spiro atoms. The van der Waals surface area contributed by atoms with Gasteiger partial charge in [0.05, 0.1) is 11.8 Å². The summed E-state index contributed by atoms with van der Waals surface area (Å²) in [6.45, 7) is 5.35. The Balaban J connectivity index is 1.45. The standard InChI is InChI=1S/C24H28FN5O3/c1-24(2,3)33-23(32)30-19-8-6-16(12-19)21(30)22(31)28-17(14-26)11-15-5-7-18(13-20(15)25)29-10-4-9-27-29/h4-5,7,9-10,13,16-17,19,21H,6,8,11-12H2,1-3H3,(H,28,31). The fourth-order valence-electron chi connectivity index (χ4n) is 4.77. The number of benzene rings is 1. The Hall–Kier alpha value is -3.41. The maximum Gasteiger partial charge on any atom is 0.411 e. The van der Waals surface area contributed by atoms with Crippen LogP contribution in [0.4, 0.5) is 9.18 Å². The summed E-state index contributed by atoms with van der Waals surface area (Å²) in [6, 6.07) is 6.79. The summed E-state index contributed by atoms with van der Waals surface area (Å²) >= 11 is 0. The Morgan fingerprint density at radius 2 is 2.15 bits per heavy atom. The first kappa shape index (κ1) is 22.8. The van der Waals surface area contributed by atoms with Crippen LogP contribution < -0.4 is 5.32 Å². The van der Waals surface area contributed by atoms with Crippen LogP contribution in [-0.2, 0) is 16.0 Å². The van der Waals surface area contributed by atoms with Gasteiger partial charge in [-0.15, -0.1) is 0 Å². The highest BCUT2D eigenvalue weighted by Gasteiger charge is 2.52. The number of amides is 2. The van der Waals surface area contributed by atoms with Crippen molar-refractivity contribution in [3.8, 4) is 11.8 Å². The first-order valence-electron chi connectivity index (χ1n) is 11.2. The van der Waals surface area contributed by atoms with Crippen molar-refractivity contribution < 1.29 is 18.7 Å². The fraction of sp³-hybridized carbons (Fsp3) is 0.500. The van der Waals surface area contributed by atoms with Gasteiger partial charge in [0.15, 0.2) is 0 Å². The van der Waals surface area contributed by atoms with Crippen LogP contribution in [0.5, 0.6) is 0 Å². The fourth-order valence-corrected chi connectivity index (χ4v) is 4.77. The second-order valence-electron chi connectivity index (χ2n) is 9.68. The third-order valence-electron chi connectivity index (χ3n) is 6.16. The molecule has 9 heteroatoms. The average molecular weight is 454 g/mol. The third kappa shape index (κ3) is 4.85. The summed E-state index contributed by atoms with van der Waals surface area (Å²) < 4.78 is 21.8. The molecular formula is C24H28FN5O3. The van der Waals surface area contributed by atoms with Crippen LogP contribution in [0.25, 0.3) is 5.69 Å². The highest BCUT2D eigenvalue weighted by atomic mass is 19.1. The number of ether oxygens (including phenoxy) is 1. The molecular weight excluding hydrogens is 425 g/mol. The second-order valence-corrected chi connectivity index (χ2v) is 9.68. The normalized spacial score (nSPS) is 22.6. The van der Waals surface area contributed by atoms with Crippen LogP contribution in [0.3, 0.4) is 0 Å². The first-order valence-corrected chi connectivity index (χ1v) is 11.2. The zero-order valence-corrected chi connectivity index (χ0v) is 19.0. The van der Waals surface area contributed by atoms with Gasteiger partial charge in [0.25, 0.3) is 0 Å². The number of piperidine rings is 1. The number of hydrogen-bond acceptors (Lipinski definition) is 5. The molecule has 1 saturated heterocycles. The van der Waals surface area contributed by atoms with Gasteiger partial charge in [-0.05, 0) is 69.7 Å². The monoisotopic (exact) mass is 453 g/mol. The molecule has 1 aliphatic heterocycles. The molecule has 2 aromatic rings. The number of carbonyl (C=O) groups is 2. The zero-order valence-electron chi connectivity index (χ0n) is 19.0. The van der Waals surface area contributed by atoms with Crippen molar-refractivity contribution in [3.05, 3.63) is 48.0 Å². The minimum atomic E-state index is -0.929. The lowest BCUT2D eigenvalue weighted by Crippen LogP contribution is -2.55. The lowest BCUT2D eigenvalue weighted by molar-refractivity contribution is -0.128. The Morgan fingerprint density at radius 1 is 1.36 bits per heavy atom. The minimum Gasteiger partial charge on any atom is -0.444 e. The Bertz CT molecular complexity index is 1070. The summed E-state index contributed by atoms with van der Waals surface area (Å²) in [6.07, 6.45) is 5.25. The van der Waals surface area contributed by atoms with Gasteiger partial charge < -0.3 is 10.1 Å². The second kappa shape index (κ2) is 8.85. The predicted octanol–water partition coefficient (Wildman–Crippen LogP) is 3.35. The van der Waals surface area contributed by atoms with E-state index in [0.717, 1.165) is 19.3 Å². The lowest BCUT2D eigenvalue weighted by atomic mass is 9.97. The maximum absolute atomic E-state index is 14.7. The van der Waals surface area contributed by atoms with Gasteiger partial charge in [-0.3, -0.25) is 9.69 Å². The van der Waals surface area contributed by atoms with E-state index in [1.54, 1.807) is 51.4 Å². The van der Waals surface area contributed by atoms with Gasteiger partial charge in [-0.2, -0.15) is 10.4 Å². The zero-order chi connectivity index (χ0) is 23.8. The topological polar surface area (TPSA) is 100 Å². The first-order chi connectivity index (χ1) is 15.7. The van der Waals surface area contributed by atoms with Crippen molar-refractivity contribution >= 4 is 12.0 Å². The predicted molar refractivity (Wildman–Crippen MR) is 118 cm³/mol. The number of likely N-dealkylation sites (tertiary alicyclic amines) is 1. The van der Waals surface area contributed by atoms with Crippen LogP contribution >= 0.6 is 0 Å². The van der Waals surface area contributed by atoms with Crippen molar-refractivity contribution in [2.75, 3.05) is 0 Å². The number of aromatic nitrogens is 2. The SMILES string of the molecule is CC(C)(C)OC(=O)N1C2CCC(C2)C1C(=O)NC(C#N)Cc1ccc(-n2cccn2)cc1F. The quantitative estimate of drug-likeness (QED) is 0.748. The number of nitrogens with zero attached hydrogens (tertiary/aromatic N) is 4. The van der Waals surface area contributed by atoms with E-state index in [1.807, 2.05) is 6.07 Å². The molecule has 2 bridgehead atoms. The van der Waals surface area contributed by atoms with Crippen LogP contribution in [0.2, 0.25) is 0 Å². The van der Waals surface area contributed by atoms with Crippen LogP contribution in [0, 0.1) is 23.1 Å². The summed E-state index contributed by atoms with van der Waals surface area (Å²) in [4.78, 5) is 27.5. The van der Waals surface area contributed by atoms with E-state index in [4.69, 9.17) is 4.74 Å². The molecule has 4 atom stereocenters. The molecule has 4 unspecified atom stereocenters. The van der Waals surface area contributed by atoms with Crippen molar-refractivity contribution in [2.24, 2.45) is 5.92 Å². The van der Waals surface area contributed by atoms with Crippen molar-refractivity contribution in [1.29, 1.82) is 5.26 Å². The third-order valence-corrected chi connectivity index (χ3v) is 6.16. The summed E-state index contributed by atoms with van der Waals surface area (Å²) in [5.74, 6) is -0.840. The van der Waals surface area contributed by atoms with Gasteiger partial charge >= 0.3 is 6.09 Å². The van der Waals surface area contributed by atoms with E-state index in [1.165, 1.54) is 15.6 Å². The van der Waals surface area contributed by atoms with Crippen LogP contribution in [0.1, 0.15) is 45.6 Å². The molecule has 1 aromatic carbocycles. The molecule has 1 aromatic heterocycles. The molecule has 2 heterocycles. The number of fused-ring (bicyclic) bond motifs is 2. The van der Waals surface area contributed by atoms with E-state index in [-0.39, 0.29) is 18.4 Å².